The van der Waals surface area contributed by atoms with Crippen LogP contribution in [0.1, 0.15) is 65.7 Å². The number of unbranched alkanes of at least 4 members (excludes halogenated alkanes) is 2. The van der Waals surface area contributed by atoms with Gasteiger partial charge in [0, 0.05) is 18.9 Å². The van der Waals surface area contributed by atoms with Crippen molar-refractivity contribution >= 4 is 18.7 Å². The lowest BCUT2D eigenvalue weighted by Crippen LogP contribution is -3.19. The summed E-state index contributed by atoms with van der Waals surface area (Å²) in [5, 5.41) is 12.3. The molecule has 0 amide bonds. The van der Waals surface area contributed by atoms with Crippen LogP contribution in [-0.4, -0.2) is 52.1 Å². The molecule has 2 aliphatic heterocycles. The SMILES string of the molecule is CC(C)(C)[Si](OCCCCC[C@@H]1CCC[NH+]2CC[C@@H](CO)O[C@@H]12)(c1ccccc1)c1ccccc1. The first-order valence-electron chi connectivity index (χ1n) is 13.8. The number of ether oxygens (including phenoxy) is 1. The van der Waals surface area contributed by atoms with Crippen molar-refractivity contribution in [1.29, 1.82) is 0 Å². The quantitative estimate of drug-likeness (QED) is 0.391. The van der Waals surface area contributed by atoms with Crippen LogP contribution in [0.25, 0.3) is 0 Å². The molecule has 4 nitrogen and oxygen atoms in total. The van der Waals surface area contributed by atoms with Gasteiger partial charge in [0.05, 0.1) is 25.8 Å². The highest BCUT2D eigenvalue weighted by atomic mass is 28.4. The van der Waals surface area contributed by atoms with Crippen LogP contribution in [0.2, 0.25) is 5.04 Å². The molecular weight excluding hydrogens is 450 g/mol. The Morgan fingerprint density at radius 2 is 1.57 bits per heavy atom. The maximum Gasteiger partial charge on any atom is 0.261 e. The largest absolute Gasteiger partial charge is 0.407 e. The summed E-state index contributed by atoms with van der Waals surface area (Å²) in [7, 11) is -2.42. The maximum atomic E-state index is 9.58. The second-order valence-electron chi connectivity index (χ2n) is 11.6. The normalized spacial score (nSPS) is 25.3. The Hall–Kier alpha value is -1.50. The molecular formula is C30H46NO3Si+. The highest BCUT2D eigenvalue weighted by Gasteiger charge is 2.50. The van der Waals surface area contributed by atoms with Gasteiger partial charge in [-0.1, -0.05) is 94.3 Å². The molecule has 2 fully saturated rings. The number of fused-ring (bicyclic) bond motifs is 1. The van der Waals surface area contributed by atoms with E-state index in [2.05, 4.69) is 81.4 Å². The molecule has 5 heteroatoms. The zero-order valence-corrected chi connectivity index (χ0v) is 23.0. The van der Waals surface area contributed by atoms with Crippen molar-refractivity contribution < 1.29 is 19.2 Å². The Morgan fingerprint density at radius 3 is 2.17 bits per heavy atom. The van der Waals surface area contributed by atoms with Crippen molar-refractivity contribution in [3.8, 4) is 0 Å². The Morgan fingerprint density at radius 1 is 0.914 bits per heavy atom. The smallest absolute Gasteiger partial charge is 0.261 e. The Bertz CT molecular complexity index is 846. The topological polar surface area (TPSA) is 43.1 Å². The summed E-state index contributed by atoms with van der Waals surface area (Å²) in [5.74, 6) is 0.630. The second kappa shape index (κ2) is 12.2. The minimum Gasteiger partial charge on any atom is -0.407 e. The van der Waals surface area contributed by atoms with Crippen LogP contribution in [-0.2, 0) is 9.16 Å². The maximum absolute atomic E-state index is 9.58. The number of hydrogen-bond acceptors (Lipinski definition) is 3. The van der Waals surface area contributed by atoms with Gasteiger partial charge in [-0.3, -0.25) is 0 Å². The van der Waals surface area contributed by atoms with E-state index in [1.807, 2.05) is 0 Å². The number of quaternary nitrogens is 1. The first-order chi connectivity index (χ1) is 17.0. The van der Waals surface area contributed by atoms with Gasteiger partial charge in [0.25, 0.3) is 8.32 Å². The van der Waals surface area contributed by atoms with Crippen molar-refractivity contribution in [3.63, 3.8) is 0 Å². The Labute approximate surface area is 213 Å². The number of nitrogens with one attached hydrogen (secondary N) is 1. The van der Waals surface area contributed by atoms with E-state index in [0.29, 0.717) is 12.1 Å². The van der Waals surface area contributed by atoms with Crippen molar-refractivity contribution in [2.45, 2.75) is 83.1 Å². The number of aliphatic hydroxyl groups is 1. The minimum atomic E-state index is -2.42. The minimum absolute atomic E-state index is 0.0333. The van der Waals surface area contributed by atoms with Gasteiger partial charge in [-0.15, -0.1) is 0 Å². The molecule has 4 atom stereocenters. The third-order valence-electron chi connectivity index (χ3n) is 8.19. The molecule has 1 unspecified atom stereocenters. The van der Waals surface area contributed by atoms with Gasteiger partial charge in [-0.25, -0.2) is 0 Å². The predicted octanol–water partition coefficient (Wildman–Crippen LogP) is 3.53. The zero-order chi connectivity index (χ0) is 24.7. The van der Waals surface area contributed by atoms with E-state index < -0.39 is 8.32 Å². The van der Waals surface area contributed by atoms with Gasteiger partial charge in [-0.2, -0.15) is 0 Å². The fourth-order valence-corrected chi connectivity index (χ4v) is 11.0. The molecule has 0 bridgehead atoms. The highest BCUT2D eigenvalue weighted by molar-refractivity contribution is 6.99. The van der Waals surface area contributed by atoms with Crippen molar-refractivity contribution in [2.24, 2.45) is 5.92 Å². The van der Waals surface area contributed by atoms with Gasteiger partial charge in [-0.05, 0) is 41.1 Å². The molecule has 0 spiro atoms. The summed E-state index contributed by atoms with van der Waals surface area (Å²) in [6, 6.07) is 21.9. The monoisotopic (exact) mass is 496 g/mol. The molecule has 35 heavy (non-hydrogen) atoms. The highest BCUT2D eigenvalue weighted by Crippen LogP contribution is 2.37. The van der Waals surface area contributed by atoms with E-state index in [4.69, 9.17) is 9.16 Å². The van der Waals surface area contributed by atoms with Gasteiger partial charge in [0.2, 0.25) is 0 Å². The molecule has 0 saturated carbocycles. The average Bonchev–Trinajstić information content (AvgIpc) is 2.88. The average molecular weight is 497 g/mol. The summed E-state index contributed by atoms with van der Waals surface area (Å²) in [6.45, 7) is 10.4. The summed E-state index contributed by atoms with van der Waals surface area (Å²) in [5.41, 5.74) is 0. The molecule has 0 radical (unpaired) electrons. The van der Waals surface area contributed by atoms with Gasteiger partial charge in [0.15, 0.2) is 6.23 Å². The van der Waals surface area contributed by atoms with Crippen molar-refractivity contribution in [2.75, 3.05) is 26.3 Å². The van der Waals surface area contributed by atoms with E-state index >= 15 is 0 Å². The number of hydrogen-bond donors (Lipinski definition) is 2. The van der Waals surface area contributed by atoms with Crippen molar-refractivity contribution in [3.05, 3.63) is 60.7 Å². The fraction of sp³-hybridized carbons (Fsp3) is 0.600. The molecule has 2 saturated heterocycles. The van der Waals surface area contributed by atoms with Gasteiger partial charge >= 0.3 is 0 Å². The Kier molecular flexibility index (Phi) is 9.22. The number of aliphatic hydroxyl groups excluding tert-OH is 1. The van der Waals surface area contributed by atoms with Gasteiger partial charge < -0.3 is 19.2 Å². The second-order valence-corrected chi connectivity index (χ2v) is 15.9. The lowest BCUT2D eigenvalue weighted by molar-refractivity contribution is -0.968. The fourth-order valence-electron chi connectivity index (χ4n) is 6.42. The molecule has 0 aliphatic carbocycles. The molecule has 192 valence electrons. The standard InChI is InChI=1S/C30H45NO3Si/c1-30(2,3)35(27-16-8-4-9-17-27,28-18-10-5-11-19-28)33-23-12-6-7-14-25-15-13-21-31-22-20-26(24-32)34-29(25)31/h4-5,8-11,16-19,25-26,29,32H,6-7,12-15,20-24H2,1-3H3/p+1/t25-,26+,29+/m1/s1. The van der Waals surface area contributed by atoms with E-state index in [1.165, 1.54) is 49.0 Å². The molecule has 4 rings (SSSR count). The number of benzene rings is 2. The number of piperidine rings is 1. The zero-order valence-electron chi connectivity index (χ0n) is 22.0. The lowest BCUT2D eigenvalue weighted by Gasteiger charge is -2.43. The van der Waals surface area contributed by atoms with E-state index in [0.717, 1.165) is 26.0 Å². The van der Waals surface area contributed by atoms with Crippen LogP contribution in [0, 0.1) is 5.92 Å². The third kappa shape index (κ3) is 6.08. The third-order valence-corrected chi connectivity index (χ3v) is 13.2. The molecule has 0 aromatic heterocycles. The molecule has 2 heterocycles. The van der Waals surface area contributed by atoms with Crippen LogP contribution >= 0.6 is 0 Å². The molecule has 2 aliphatic rings. The summed E-state index contributed by atoms with van der Waals surface area (Å²) in [6.07, 6.45) is 8.66. The first-order valence-corrected chi connectivity index (χ1v) is 15.7. The predicted molar refractivity (Wildman–Crippen MR) is 146 cm³/mol. The van der Waals surface area contributed by atoms with Crippen LogP contribution in [0.4, 0.5) is 0 Å². The van der Waals surface area contributed by atoms with Crippen molar-refractivity contribution in [1.82, 2.24) is 0 Å². The summed E-state index contributed by atoms with van der Waals surface area (Å²) >= 11 is 0. The van der Waals surface area contributed by atoms with E-state index in [-0.39, 0.29) is 17.7 Å². The van der Waals surface area contributed by atoms with Crippen LogP contribution < -0.4 is 15.3 Å². The summed E-state index contributed by atoms with van der Waals surface area (Å²) < 4.78 is 13.4. The lowest BCUT2D eigenvalue weighted by atomic mass is 9.89. The van der Waals surface area contributed by atoms with E-state index in [1.54, 1.807) is 4.90 Å². The van der Waals surface area contributed by atoms with Crippen LogP contribution in [0.3, 0.4) is 0 Å². The van der Waals surface area contributed by atoms with E-state index in [9.17, 15) is 5.11 Å². The molecule has 2 aromatic carbocycles. The molecule has 2 N–H and O–H groups in total. The summed E-state index contributed by atoms with van der Waals surface area (Å²) in [4.78, 5) is 1.61. The first kappa shape index (κ1) is 26.6. The van der Waals surface area contributed by atoms with Crippen LogP contribution in [0.15, 0.2) is 60.7 Å². The number of rotatable bonds is 10. The van der Waals surface area contributed by atoms with Crippen LogP contribution in [0.5, 0.6) is 0 Å². The molecule has 2 aromatic rings. The van der Waals surface area contributed by atoms with Gasteiger partial charge in [0.1, 0.15) is 0 Å². The Balaban J connectivity index is 1.35.